The maximum absolute atomic E-state index is 6.56. The molecule has 10 rings (SSSR count). The number of hydrogen-bond acceptors (Lipinski definition) is 4. The third-order valence-corrected chi connectivity index (χ3v) is 9.76. The van der Waals surface area contributed by atoms with Gasteiger partial charge >= 0.3 is 0 Å². The molecule has 0 amide bonds. The van der Waals surface area contributed by atoms with Crippen molar-refractivity contribution < 1.29 is 4.42 Å². The maximum atomic E-state index is 6.56. The van der Waals surface area contributed by atoms with Crippen molar-refractivity contribution in [2.24, 2.45) is 0 Å². The lowest BCUT2D eigenvalue weighted by molar-refractivity contribution is 0.669. The summed E-state index contributed by atoms with van der Waals surface area (Å²) in [4.78, 5) is 16.2. The molecule has 0 atom stereocenters. The monoisotopic (exact) mass is 651 g/mol. The van der Waals surface area contributed by atoms with Gasteiger partial charge in [0.2, 0.25) is 0 Å². The van der Waals surface area contributed by atoms with Crippen molar-refractivity contribution in [3.8, 4) is 56.4 Å². The Morgan fingerprint density at radius 1 is 0.314 bits per heavy atom. The Morgan fingerprint density at radius 2 is 0.784 bits per heavy atom. The lowest BCUT2D eigenvalue weighted by Gasteiger charge is -2.17. The zero-order valence-corrected chi connectivity index (χ0v) is 27.5. The molecule has 0 bridgehead atoms. The van der Waals surface area contributed by atoms with E-state index in [-0.39, 0.29) is 0 Å². The third kappa shape index (κ3) is 4.88. The van der Waals surface area contributed by atoms with E-state index < -0.39 is 0 Å². The van der Waals surface area contributed by atoms with E-state index in [1.807, 2.05) is 30.3 Å². The highest BCUT2D eigenvalue weighted by atomic mass is 16.3. The van der Waals surface area contributed by atoms with Crippen LogP contribution in [0.4, 0.5) is 0 Å². The molecular formula is C47H29N3O. The Kier molecular flexibility index (Phi) is 6.78. The van der Waals surface area contributed by atoms with Crippen molar-refractivity contribution in [1.29, 1.82) is 0 Å². The molecule has 0 aliphatic carbocycles. The van der Waals surface area contributed by atoms with Gasteiger partial charge in [0.25, 0.3) is 0 Å². The molecule has 0 unspecified atom stereocenters. The number of benzene rings is 8. The second kappa shape index (κ2) is 11.9. The van der Waals surface area contributed by atoms with Gasteiger partial charge < -0.3 is 4.42 Å². The van der Waals surface area contributed by atoms with Crippen molar-refractivity contribution in [2.75, 3.05) is 0 Å². The molecule has 238 valence electrons. The van der Waals surface area contributed by atoms with E-state index in [1.54, 1.807) is 0 Å². The zero-order valence-electron chi connectivity index (χ0n) is 27.5. The SMILES string of the molecule is c1ccc(-c2ccc3ccccc3c2-c2nc(-c3c(-c4ccccc4)ccc4ccccc34)nc(-c3cccc4c3oc3ccccc34)n2)cc1. The maximum Gasteiger partial charge on any atom is 0.167 e. The molecule has 0 aliphatic rings. The quantitative estimate of drug-likeness (QED) is 0.186. The topological polar surface area (TPSA) is 51.8 Å². The minimum atomic E-state index is 0.554. The molecule has 8 aromatic carbocycles. The minimum Gasteiger partial charge on any atom is -0.455 e. The summed E-state index contributed by atoms with van der Waals surface area (Å²) in [5, 5.41) is 6.47. The van der Waals surface area contributed by atoms with Gasteiger partial charge in [0.15, 0.2) is 17.5 Å². The molecule has 0 fully saturated rings. The predicted molar refractivity (Wildman–Crippen MR) is 209 cm³/mol. The Labute approximate surface area is 294 Å². The fourth-order valence-electron chi connectivity index (χ4n) is 7.38. The lowest BCUT2D eigenvalue weighted by atomic mass is 9.92. The summed E-state index contributed by atoms with van der Waals surface area (Å²) in [6, 6.07) is 60.9. The van der Waals surface area contributed by atoms with E-state index in [0.29, 0.717) is 17.5 Å². The highest BCUT2D eigenvalue weighted by Crippen LogP contribution is 2.42. The molecule has 10 aromatic rings. The molecule has 4 nitrogen and oxygen atoms in total. The highest BCUT2D eigenvalue weighted by Gasteiger charge is 2.23. The summed E-state index contributed by atoms with van der Waals surface area (Å²) in [6.07, 6.45) is 0. The average Bonchev–Trinajstić information content (AvgIpc) is 3.59. The van der Waals surface area contributed by atoms with Crippen LogP contribution >= 0.6 is 0 Å². The first kappa shape index (κ1) is 29.0. The fourth-order valence-corrected chi connectivity index (χ4v) is 7.38. The van der Waals surface area contributed by atoms with Gasteiger partial charge in [-0.3, -0.25) is 0 Å². The number of para-hydroxylation sites is 2. The Morgan fingerprint density at radius 3 is 1.37 bits per heavy atom. The second-order valence-electron chi connectivity index (χ2n) is 12.7. The van der Waals surface area contributed by atoms with Gasteiger partial charge in [-0.05, 0) is 55.9 Å². The minimum absolute atomic E-state index is 0.554. The number of rotatable bonds is 5. The van der Waals surface area contributed by atoms with Crippen LogP contribution in [0, 0.1) is 0 Å². The summed E-state index contributed by atoms with van der Waals surface area (Å²) in [7, 11) is 0. The number of nitrogens with zero attached hydrogens (tertiary/aromatic N) is 3. The molecule has 2 aromatic heterocycles. The van der Waals surface area contributed by atoms with Crippen LogP contribution in [0.15, 0.2) is 180 Å². The summed E-state index contributed by atoms with van der Waals surface area (Å²) in [5.74, 6) is 1.76. The molecule has 0 saturated heterocycles. The van der Waals surface area contributed by atoms with Gasteiger partial charge in [0.1, 0.15) is 11.2 Å². The van der Waals surface area contributed by atoms with Gasteiger partial charge in [0, 0.05) is 21.9 Å². The average molecular weight is 652 g/mol. The van der Waals surface area contributed by atoms with E-state index in [9.17, 15) is 0 Å². The summed E-state index contributed by atoms with van der Waals surface area (Å²) < 4.78 is 6.56. The molecule has 0 aliphatic heterocycles. The van der Waals surface area contributed by atoms with Gasteiger partial charge in [0.05, 0.1) is 5.56 Å². The van der Waals surface area contributed by atoms with E-state index in [4.69, 9.17) is 19.4 Å². The highest BCUT2D eigenvalue weighted by molar-refractivity contribution is 6.10. The van der Waals surface area contributed by atoms with Crippen LogP contribution in [0.1, 0.15) is 0 Å². The van der Waals surface area contributed by atoms with Crippen molar-refractivity contribution in [3.05, 3.63) is 176 Å². The second-order valence-corrected chi connectivity index (χ2v) is 12.7. The van der Waals surface area contributed by atoms with Gasteiger partial charge in [-0.2, -0.15) is 0 Å². The summed E-state index contributed by atoms with van der Waals surface area (Å²) >= 11 is 0. The number of furan rings is 1. The van der Waals surface area contributed by atoms with Gasteiger partial charge in [-0.25, -0.2) is 15.0 Å². The first-order valence-electron chi connectivity index (χ1n) is 17.1. The van der Waals surface area contributed by atoms with Crippen molar-refractivity contribution >= 4 is 43.5 Å². The van der Waals surface area contributed by atoms with Crippen LogP contribution in [0.5, 0.6) is 0 Å². The zero-order chi connectivity index (χ0) is 33.7. The molecule has 4 heteroatoms. The molecule has 0 saturated carbocycles. The van der Waals surface area contributed by atoms with Crippen LogP contribution in [0.2, 0.25) is 0 Å². The Balaban J connectivity index is 1.35. The molecule has 0 N–H and O–H groups in total. The predicted octanol–water partition coefficient (Wildman–Crippen LogP) is 12.4. The van der Waals surface area contributed by atoms with Crippen LogP contribution in [-0.2, 0) is 0 Å². The van der Waals surface area contributed by atoms with Gasteiger partial charge in [-0.15, -0.1) is 0 Å². The largest absolute Gasteiger partial charge is 0.455 e. The molecule has 0 radical (unpaired) electrons. The summed E-state index contributed by atoms with van der Waals surface area (Å²) in [5.41, 5.74) is 8.62. The molecular weight excluding hydrogens is 623 g/mol. The lowest BCUT2D eigenvalue weighted by Crippen LogP contribution is -2.03. The summed E-state index contributed by atoms with van der Waals surface area (Å²) in [6.45, 7) is 0. The van der Waals surface area contributed by atoms with Crippen molar-refractivity contribution in [1.82, 2.24) is 15.0 Å². The van der Waals surface area contributed by atoms with Crippen LogP contribution in [-0.4, -0.2) is 15.0 Å². The third-order valence-electron chi connectivity index (χ3n) is 9.76. The smallest absolute Gasteiger partial charge is 0.167 e. The fraction of sp³-hybridized carbons (Fsp3) is 0. The van der Waals surface area contributed by atoms with E-state index in [1.165, 1.54) is 0 Å². The molecule has 0 spiro atoms. The number of aromatic nitrogens is 3. The van der Waals surface area contributed by atoms with Crippen molar-refractivity contribution in [2.45, 2.75) is 0 Å². The first-order chi connectivity index (χ1) is 25.3. The van der Waals surface area contributed by atoms with E-state index >= 15 is 0 Å². The van der Waals surface area contributed by atoms with Crippen LogP contribution < -0.4 is 0 Å². The van der Waals surface area contributed by atoms with E-state index in [2.05, 4.69) is 146 Å². The Bertz CT molecular complexity index is 2770. The van der Waals surface area contributed by atoms with E-state index in [0.717, 1.165) is 82.4 Å². The Hall–Kier alpha value is -6.91. The molecule has 51 heavy (non-hydrogen) atoms. The van der Waals surface area contributed by atoms with Gasteiger partial charge in [-0.1, -0.05) is 164 Å². The van der Waals surface area contributed by atoms with Crippen LogP contribution in [0.25, 0.3) is 99.9 Å². The normalized spacial score (nSPS) is 11.5. The number of fused-ring (bicyclic) bond motifs is 5. The number of hydrogen-bond donors (Lipinski definition) is 0. The first-order valence-corrected chi connectivity index (χ1v) is 17.1. The van der Waals surface area contributed by atoms with Crippen LogP contribution in [0.3, 0.4) is 0 Å². The van der Waals surface area contributed by atoms with Crippen molar-refractivity contribution in [3.63, 3.8) is 0 Å². The molecule has 2 heterocycles. The standard InChI is InChI=1S/C47H29N3O/c1-3-14-30(15-4-1)36-28-26-32-18-7-9-20-34(32)42(36)46-48-45(40-24-13-23-39-38-22-11-12-25-41(38)51-44(39)40)49-47(50-46)43-35-21-10-8-19-33(35)27-29-37(43)31-16-5-2-6-17-31/h1-29H.